The molecule has 0 aliphatic heterocycles. The third-order valence-corrected chi connectivity index (χ3v) is 4.10. The zero-order valence-corrected chi connectivity index (χ0v) is 12.7. The molecule has 0 radical (unpaired) electrons. The van der Waals surface area contributed by atoms with E-state index in [2.05, 4.69) is 10.3 Å². The van der Waals surface area contributed by atoms with Crippen molar-refractivity contribution in [3.05, 3.63) is 48.5 Å². The Balaban J connectivity index is 1.65. The standard InChI is InChI=1S/C16H19N3O3/c1-21-16(22-2)9-13(10-16)18-15(20)12-4-3-5-14(8-12)19-7-6-17-11-19/h3-8,11,13H,9-10H2,1-2H3,(H,18,20). The molecule has 0 unspecified atom stereocenters. The number of aromatic nitrogens is 2. The van der Waals surface area contributed by atoms with Gasteiger partial charge in [-0.05, 0) is 18.2 Å². The number of carbonyl (C=O) groups excluding carboxylic acids is 1. The van der Waals surface area contributed by atoms with E-state index in [9.17, 15) is 4.79 Å². The summed E-state index contributed by atoms with van der Waals surface area (Å²) in [5, 5.41) is 3.00. The van der Waals surface area contributed by atoms with Crippen LogP contribution in [0.3, 0.4) is 0 Å². The average molecular weight is 301 g/mol. The van der Waals surface area contributed by atoms with Crippen molar-refractivity contribution in [2.45, 2.75) is 24.7 Å². The molecule has 6 heteroatoms. The highest BCUT2D eigenvalue weighted by Gasteiger charge is 2.45. The van der Waals surface area contributed by atoms with Crippen LogP contribution in [0.5, 0.6) is 0 Å². The van der Waals surface area contributed by atoms with Gasteiger partial charge in [-0.25, -0.2) is 4.98 Å². The summed E-state index contributed by atoms with van der Waals surface area (Å²) in [5.74, 6) is -0.635. The summed E-state index contributed by atoms with van der Waals surface area (Å²) < 4.78 is 12.5. The van der Waals surface area contributed by atoms with E-state index in [1.165, 1.54) is 0 Å². The Labute approximate surface area is 129 Å². The molecule has 1 aromatic heterocycles. The lowest BCUT2D eigenvalue weighted by Gasteiger charge is -2.45. The van der Waals surface area contributed by atoms with Gasteiger partial charge in [-0.2, -0.15) is 0 Å². The first-order chi connectivity index (χ1) is 10.7. The monoisotopic (exact) mass is 301 g/mol. The number of hydrogen-bond donors (Lipinski definition) is 1. The molecular formula is C16H19N3O3. The van der Waals surface area contributed by atoms with E-state index < -0.39 is 5.79 Å². The zero-order valence-electron chi connectivity index (χ0n) is 12.7. The smallest absolute Gasteiger partial charge is 0.251 e. The van der Waals surface area contributed by atoms with Crippen LogP contribution in [0.1, 0.15) is 23.2 Å². The molecule has 1 aliphatic rings. The van der Waals surface area contributed by atoms with Crippen molar-refractivity contribution in [3.8, 4) is 5.69 Å². The highest BCUT2D eigenvalue weighted by atomic mass is 16.7. The van der Waals surface area contributed by atoms with Gasteiger partial charge in [0.1, 0.15) is 0 Å². The molecule has 0 saturated heterocycles. The number of hydrogen-bond acceptors (Lipinski definition) is 4. The fourth-order valence-corrected chi connectivity index (χ4v) is 2.70. The van der Waals surface area contributed by atoms with Crippen molar-refractivity contribution >= 4 is 5.91 Å². The predicted octanol–water partition coefficient (Wildman–Crippen LogP) is 1.75. The SMILES string of the molecule is COC1(OC)CC(NC(=O)c2cccc(-n3ccnc3)c2)C1. The maximum absolute atomic E-state index is 12.3. The lowest BCUT2D eigenvalue weighted by Crippen LogP contribution is -2.57. The molecule has 6 nitrogen and oxygen atoms in total. The average Bonchev–Trinajstić information content (AvgIpc) is 3.05. The first kappa shape index (κ1) is 14.7. The summed E-state index contributed by atoms with van der Waals surface area (Å²) in [6.45, 7) is 0. The van der Waals surface area contributed by atoms with E-state index in [1.807, 2.05) is 29.0 Å². The van der Waals surface area contributed by atoms with Crippen molar-refractivity contribution in [3.63, 3.8) is 0 Å². The normalized spacial score (nSPS) is 17.0. The van der Waals surface area contributed by atoms with E-state index in [1.54, 1.807) is 32.8 Å². The number of rotatable bonds is 5. The van der Waals surface area contributed by atoms with Crippen LogP contribution in [0.4, 0.5) is 0 Å². The minimum atomic E-state index is -0.545. The molecule has 3 rings (SSSR count). The number of imidazole rings is 1. The number of nitrogens with zero attached hydrogens (tertiary/aromatic N) is 2. The minimum Gasteiger partial charge on any atom is -0.353 e. The topological polar surface area (TPSA) is 65.4 Å². The molecular weight excluding hydrogens is 282 g/mol. The highest BCUT2D eigenvalue weighted by Crippen LogP contribution is 2.36. The Kier molecular flexibility index (Phi) is 3.96. The van der Waals surface area contributed by atoms with Gasteiger partial charge in [-0.15, -0.1) is 0 Å². The van der Waals surface area contributed by atoms with Gasteiger partial charge in [0.05, 0.1) is 6.33 Å². The van der Waals surface area contributed by atoms with Gasteiger partial charge in [0.15, 0.2) is 5.79 Å². The first-order valence-corrected chi connectivity index (χ1v) is 7.15. The molecule has 1 fully saturated rings. The molecule has 2 aromatic rings. The number of ether oxygens (including phenoxy) is 2. The number of nitrogens with one attached hydrogen (secondary N) is 1. The predicted molar refractivity (Wildman–Crippen MR) is 80.8 cm³/mol. The van der Waals surface area contributed by atoms with Gasteiger partial charge in [-0.3, -0.25) is 4.79 Å². The maximum Gasteiger partial charge on any atom is 0.251 e. The quantitative estimate of drug-likeness (QED) is 0.855. The van der Waals surface area contributed by atoms with Gasteiger partial charge < -0.3 is 19.4 Å². The third-order valence-electron chi connectivity index (χ3n) is 4.10. The van der Waals surface area contributed by atoms with Crippen molar-refractivity contribution in [1.82, 2.24) is 14.9 Å². The lowest BCUT2D eigenvalue weighted by molar-refractivity contribution is -0.258. The Morgan fingerprint density at radius 1 is 1.36 bits per heavy atom. The molecule has 0 spiro atoms. The van der Waals surface area contributed by atoms with E-state index in [-0.39, 0.29) is 11.9 Å². The van der Waals surface area contributed by atoms with Crippen molar-refractivity contribution < 1.29 is 14.3 Å². The summed E-state index contributed by atoms with van der Waals surface area (Å²) in [7, 11) is 3.24. The van der Waals surface area contributed by atoms with E-state index in [0.29, 0.717) is 18.4 Å². The van der Waals surface area contributed by atoms with Crippen molar-refractivity contribution in [2.75, 3.05) is 14.2 Å². The van der Waals surface area contributed by atoms with Crippen LogP contribution in [-0.4, -0.2) is 41.5 Å². The zero-order chi connectivity index (χ0) is 15.6. The summed E-state index contributed by atoms with van der Waals surface area (Å²) >= 11 is 0. The minimum absolute atomic E-state index is 0.0734. The Bertz CT molecular complexity index is 642. The van der Waals surface area contributed by atoms with Crippen LogP contribution < -0.4 is 5.32 Å². The summed E-state index contributed by atoms with van der Waals surface area (Å²) in [6, 6.07) is 7.51. The summed E-state index contributed by atoms with van der Waals surface area (Å²) in [6.07, 6.45) is 6.57. The molecule has 22 heavy (non-hydrogen) atoms. The summed E-state index contributed by atoms with van der Waals surface area (Å²) in [4.78, 5) is 16.4. The van der Waals surface area contributed by atoms with Crippen LogP contribution in [0, 0.1) is 0 Å². The van der Waals surface area contributed by atoms with E-state index >= 15 is 0 Å². The fraction of sp³-hybridized carbons (Fsp3) is 0.375. The maximum atomic E-state index is 12.3. The van der Waals surface area contributed by atoms with Crippen LogP contribution in [0.2, 0.25) is 0 Å². The van der Waals surface area contributed by atoms with Crippen molar-refractivity contribution in [1.29, 1.82) is 0 Å². The van der Waals surface area contributed by atoms with Crippen molar-refractivity contribution in [2.24, 2.45) is 0 Å². The molecule has 1 heterocycles. The van der Waals surface area contributed by atoms with Gasteiger partial charge in [-0.1, -0.05) is 6.07 Å². The third kappa shape index (κ3) is 2.75. The molecule has 0 atom stereocenters. The Hall–Kier alpha value is -2.18. The first-order valence-electron chi connectivity index (χ1n) is 7.15. The molecule has 1 aromatic carbocycles. The van der Waals surface area contributed by atoms with Gasteiger partial charge in [0.2, 0.25) is 0 Å². The van der Waals surface area contributed by atoms with Crippen LogP contribution >= 0.6 is 0 Å². The van der Waals surface area contributed by atoms with Gasteiger partial charge >= 0.3 is 0 Å². The number of benzene rings is 1. The van der Waals surface area contributed by atoms with Gasteiger partial charge in [0.25, 0.3) is 5.91 Å². The largest absolute Gasteiger partial charge is 0.353 e. The Morgan fingerprint density at radius 2 is 2.14 bits per heavy atom. The number of amides is 1. The lowest BCUT2D eigenvalue weighted by atomic mass is 9.84. The van der Waals surface area contributed by atoms with Crippen LogP contribution in [0.25, 0.3) is 5.69 Å². The molecule has 1 amide bonds. The molecule has 116 valence electrons. The number of carbonyl (C=O) groups is 1. The Morgan fingerprint density at radius 3 is 2.77 bits per heavy atom. The molecule has 0 bridgehead atoms. The van der Waals surface area contributed by atoms with E-state index in [0.717, 1.165) is 5.69 Å². The van der Waals surface area contributed by atoms with Gasteiger partial charge in [0, 0.05) is 56.7 Å². The highest BCUT2D eigenvalue weighted by molar-refractivity contribution is 5.95. The summed E-state index contributed by atoms with van der Waals surface area (Å²) in [5.41, 5.74) is 1.53. The molecule has 1 N–H and O–H groups in total. The second-order valence-electron chi connectivity index (χ2n) is 5.42. The second kappa shape index (κ2) is 5.90. The molecule has 1 aliphatic carbocycles. The second-order valence-corrected chi connectivity index (χ2v) is 5.42. The van der Waals surface area contributed by atoms with E-state index in [4.69, 9.17) is 9.47 Å². The van der Waals surface area contributed by atoms with Crippen LogP contribution in [0.15, 0.2) is 43.0 Å². The molecule has 1 saturated carbocycles. The van der Waals surface area contributed by atoms with Crippen LogP contribution in [-0.2, 0) is 9.47 Å². The number of methoxy groups -OCH3 is 2. The fourth-order valence-electron chi connectivity index (χ4n) is 2.70.